The molecule has 154 valence electrons. The third-order valence-electron chi connectivity index (χ3n) is 5.03. The number of aliphatic imine (C=N–C) groups is 1. The molecule has 2 N–H and O–H groups in total. The zero-order valence-corrected chi connectivity index (χ0v) is 19.4. The molecule has 1 atom stereocenters. The largest absolute Gasteiger partial charge is 0.357 e. The first-order valence-corrected chi connectivity index (χ1v) is 9.83. The zero-order chi connectivity index (χ0) is 19.1. The van der Waals surface area contributed by atoms with Gasteiger partial charge in [0, 0.05) is 20.1 Å². The van der Waals surface area contributed by atoms with Crippen LogP contribution >= 0.6 is 24.0 Å². The topological polar surface area (TPSA) is 70.4 Å². The van der Waals surface area contributed by atoms with Gasteiger partial charge >= 0.3 is 0 Å². The Kier molecular flexibility index (Phi) is 9.17. The maximum absolute atomic E-state index is 4.68. The Hall–Kier alpha value is -1.68. The van der Waals surface area contributed by atoms with Crippen molar-refractivity contribution in [3.05, 3.63) is 47.5 Å². The molecule has 1 aromatic heterocycles. The lowest BCUT2D eigenvalue weighted by atomic mass is 10.0. The molecule has 3 rings (SSSR count). The molecule has 28 heavy (non-hydrogen) atoms. The van der Waals surface area contributed by atoms with E-state index in [1.54, 1.807) is 11.0 Å². The van der Waals surface area contributed by atoms with Crippen LogP contribution in [0.4, 0.5) is 0 Å². The number of aromatic nitrogens is 3. The second-order valence-electron chi connectivity index (χ2n) is 7.05. The highest BCUT2D eigenvalue weighted by molar-refractivity contribution is 14.0. The maximum Gasteiger partial charge on any atom is 0.191 e. The van der Waals surface area contributed by atoms with Crippen LogP contribution in [0.1, 0.15) is 42.8 Å². The molecule has 1 fully saturated rings. The van der Waals surface area contributed by atoms with E-state index in [0.29, 0.717) is 12.6 Å². The lowest BCUT2D eigenvalue weighted by molar-refractivity contribution is 0.245. The predicted octanol–water partition coefficient (Wildman–Crippen LogP) is 2.63. The standard InChI is InChI=1S/C20H31N7.HI/c1-4-21-20(23-14-19-24-15-25-26(19)3)22-13-18(27-11-5-6-12-27)17-9-7-16(2)8-10-17;/h7-10,15,18H,4-6,11-14H2,1-3H3,(H2,21,22,23);1H. The fraction of sp³-hybridized carbons (Fsp3) is 0.550. The van der Waals surface area contributed by atoms with E-state index in [0.717, 1.165) is 38.0 Å². The molecule has 0 spiro atoms. The van der Waals surface area contributed by atoms with Crippen LogP contribution in [-0.4, -0.2) is 51.8 Å². The highest BCUT2D eigenvalue weighted by atomic mass is 127. The number of nitrogens with one attached hydrogen (secondary N) is 2. The fourth-order valence-electron chi connectivity index (χ4n) is 3.45. The quantitative estimate of drug-likeness (QED) is 0.350. The van der Waals surface area contributed by atoms with E-state index in [2.05, 4.69) is 68.7 Å². The molecule has 0 radical (unpaired) electrons. The smallest absolute Gasteiger partial charge is 0.191 e. The summed E-state index contributed by atoms with van der Waals surface area (Å²) in [6, 6.07) is 9.26. The molecule has 1 aliphatic heterocycles. The molecular formula is C20H32IN7. The van der Waals surface area contributed by atoms with Crippen LogP contribution in [-0.2, 0) is 13.6 Å². The van der Waals surface area contributed by atoms with Crippen LogP contribution in [0.2, 0.25) is 0 Å². The van der Waals surface area contributed by atoms with Crippen LogP contribution in [0.5, 0.6) is 0 Å². The molecule has 0 aliphatic carbocycles. The summed E-state index contributed by atoms with van der Waals surface area (Å²) in [5.74, 6) is 1.67. The van der Waals surface area contributed by atoms with Crippen molar-refractivity contribution in [2.24, 2.45) is 12.0 Å². The molecule has 0 bridgehead atoms. The second kappa shape index (κ2) is 11.4. The van der Waals surface area contributed by atoms with Gasteiger partial charge in [0.15, 0.2) is 5.96 Å². The number of guanidine groups is 1. The second-order valence-corrected chi connectivity index (χ2v) is 7.05. The van der Waals surface area contributed by atoms with Crippen molar-refractivity contribution in [2.75, 3.05) is 26.2 Å². The Balaban J connectivity index is 0.00000280. The number of likely N-dealkylation sites (tertiary alicyclic amines) is 1. The molecule has 2 aromatic rings. The third kappa shape index (κ3) is 6.16. The highest BCUT2D eigenvalue weighted by Crippen LogP contribution is 2.24. The first kappa shape index (κ1) is 22.6. The summed E-state index contributed by atoms with van der Waals surface area (Å²) in [5.41, 5.74) is 2.66. The number of nitrogens with zero attached hydrogens (tertiary/aromatic N) is 5. The molecule has 1 aromatic carbocycles. The summed E-state index contributed by atoms with van der Waals surface area (Å²) in [7, 11) is 1.89. The fourth-order valence-corrected chi connectivity index (χ4v) is 3.45. The van der Waals surface area contributed by atoms with E-state index in [-0.39, 0.29) is 24.0 Å². The van der Waals surface area contributed by atoms with Crippen molar-refractivity contribution in [1.29, 1.82) is 0 Å². The Morgan fingerprint density at radius 3 is 2.50 bits per heavy atom. The average Bonchev–Trinajstić information content (AvgIpc) is 3.33. The number of benzene rings is 1. The molecule has 1 saturated heterocycles. The van der Waals surface area contributed by atoms with Crippen LogP contribution in [0, 0.1) is 6.92 Å². The summed E-state index contributed by atoms with van der Waals surface area (Å²) >= 11 is 0. The number of halogens is 1. The number of rotatable bonds is 7. The van der Waals surface area contributed by atoms with Gasteiger partial charge in [-0.1, -0.05) is 29.8 Å². The van der Waals surface area contributed by atoms with Crippen LogP contribution in [0.25, 0.3) is 0 Å². The van der Waals surface area contributed by atoms with E-state index >= 15 is 0 Å². The van der Waals surface area contributed by atoms with Gasteiger partial charge in [-0.2, -0.15) is 5.10 Å². The Labute approximate surface area is 185 Å². The van der Waals surface area contributed by atoms with Crippen LogP contribution in [0.3, 0.4) is 0 Å². The van der Waals surface area contributed by atoms with Crippen molar-refractivity contribution in [2.45, 2.75) is 39.3 Å². The monoisotopic (exact) mass is 497 g/mol. The van der Waals surface area contributed by atoms with E-state index in [1.807, 2.05) is 7.05 Å². The van der Waals surface area contributed by atoms with Crippen LogP contribution < -0.4 is 10.6 Å². The van der Waals surface area contributed by atoms with Crippen molar-refractivity contribution < 1.29 is 0 Å². The van der Waals surface area contributed by atoms with Crippen molar-refractivity contribution in [3.8, 4) is 0 Å². The normalized spacial score (nSPS) is 15.9. The Morgan fingerprint density at radius 2 is 1.89 bits per heavy atom. The first-order chi connectivity index (χ1) is 13.2. The number of aryl methyl sites for hydroxylation is 2. The van der Waals surface area contributed by atoms with Gasteiger partial charge in [0.1, 0.15) is 18.7 Å². The van der Waals surface area contributed by atoms with Gasteiger partial charge in [0.2, 0.25) is 0 Å². The van der Waals surface area contributed by atoms with E-state index in [1.165, 1.54) is 24.0 Å². The molecule has 1 unspecified atom stereocenters. The number of hydrogen-bond donors (Lipinski definition) is 2. The number of hydrogen-bond acceptors (Lipinski definition) is 4. The Morgan fingerprint density at radius 1 is 1.18 bits per heavy atom. The summed E-state index contributed by atoms with van der Waals surface area (Å²) < 4.78 is 1.76. The highest BCUT2D eigenvalue weighted by Gasteiger charge is 2.23. The van der Waals surface area contributed by atoms with Gasteiger partial charge in [-0.15, -0.1) is 24.0 Å². The van der Waals surface area contributed by atoms with Gasteiger partial charge in [-0.05, 0) is 45.3 Å². The molecule has 0 saturated carbocycles. The van der Waals surface area contributed by atoms with Gasteiger partial charge in [0.05, 0.1) is 6.04 Å². The van der Waals surface area contributed by atoms with Crippen LogP contribution in [0.15, 0.2) is 35.6 Å². The minimum absolute atomic E-state index is 0. The van der Waals surface area contributed by atoms with Gasteiger partial charge in [0.25, 0.3) is 0 Å². The van der Waals surface area contributed by atoms with E-state index in [4.69, 9.17) is 0 Å². The minimum atomic E-state index is 0. The van der Waals surface area contributed by atoms with E-state index in [9.17, 15) is 0 Å². The first-order valence-electron chi connectivity index (χ1n) is 9.83. The summed E-state index contributed by atoms with van der Waals surface area (Å²) in [4.78, 5) is 11.5. The van der Waals surface area contributed by atoms with E-state index < -0.39 is 0 Å². The zero-order valence-electron chi connectivity index (χ0n) is 17.1. The maximum atomic E-state index is 4.68. The third-order valence-corrected chi connectivity index (χ3v) is 5.03. The summed E-state index contributed by atoms with van der Waals surface area (Å²) in [6.45, 7) is 8.69. The van der Waals surface area contributed by atoms with Gasteiger partial charge in [-0.25, -0.2) is 9.98 Å². The molecule has 8 heteroatoms. The Bertz CT molecular complexity index is 735. The van der Waals surface area contributed by atoms with Crippen molar-refractivity contribution >= 4 is 29.9 Å². The molecule has 1 aliphatic rings. The van der Waals surface area contributed by atoms with Crippen molar-refractivity contribution in [3.63, 3.8) is 0 Å². The molecular weight excluding hydrogens is 465 g/mol. The lowest BCUT2D eigenvalue weighted by Gasteiger charge is -2.29. The lowest BCUT2D eigenvalue weighted by Crippen LogP contribution is -2.42. The average molecular weight is 497 g/mol. The summed E-state index contributed by atoms with van der Waals surface area (Å²) in [5, 5.41) is 11.0. The molecule has 0 amide bonds. The predicted molar refractivity (Wildman–Crippen MR) is 124 cm³/mol. The molecule has 7 nitrogen and oxygen atoms in total. The minimum Gasteiger partial charge on any atom is -0.357 e. The van der Waals surface area contributed by atoms with Gasteiger partial charge in [-0.3, -0.25) is 9.58 Å². The van der Waals surface area contributed by atoms with Gasteiger partial charge < -0.3 is 10.6 Å². The summed E-state index contributed by atoms with van der Waals surface area (Å²) in [6.07, 6.45) is 4.12. The van der Waals surface area contributed by atoms with Crippen molar-refractivity contribution in [1.82, 2.24) is 30.3 Å². The molecule has 2 heterocycles. The SMILES string of the molecule is CCNC(=NCc1ncnn1C)NCC(c1ccc(C)cc1)N1CCCC1.I.